The summed E-state index contributed by atoms with van der Waals surface area (Å²) in [6, 6.07) is 11.8. The van der Waals surface area contributed by atoms with Gasteiger partial charge in [0.1, 0.15) is 25.4 Å². The van der Waals surface area contributed by atoms with Gasteiger partial charge in [0.25, 0.3) is 0 Å². The van der Waals surface area contributed by atoms with Crippen molar-refractivity contribution in [3.05, 3.63) is 76.5 Å². The number of aromatic nitrogens is 4. The summed E-state index contributed by atoms with van der Waals surface area (Å²) >= 11 is 6.67. The number of rotatable bonds is 9. The number of aliphatic hydroxyl groups is 1. The second-order valence-corrected chi connectivity index (χ2v) is 10.9. The second kappa shape index (κ2) is 9.89. The van der Waals surface area contributed by atoms with Crippen LogP contribution in [0.15, 0.2) is 48.8 Å². The highest BCUT2D eigenvalue weighted by atomic mass is 35.5. The maximum atomic E-state index is 13.8. The van der Waals surface area contributed by atoms with Crippen LogP contribution >= 0.6 is 11.6 Å². The molecule has 8 nitrogen and oxygen atoms in total. The first-order valence-corrected chi connectivity index (χ1v) is 12.6. The van der Waals surface area contributed by atoms with Crippen LogP contribution in [0.25, 0.3) is 10.9 Å². The number of pyridine rings is 1. The van der Waals surface area contributed by atoms with Gasteiger partial charge in [0.05, 0.1) is 39.5 Å². The Balaban J connectivity index is 1.61. The molecule has 4 aromatic rings. The first-order valence-electron chi connectivity index (χ1n) is 12.3. The summed E-state index contributed by atoms with van der Waals surface area (Å²) in [5.41, 5.74) is 1.16. The van der Waals surface area contributed by atoms with E-state index in [1.165, 1.54) is 18.3 Å². The third-order valence-corrected chi connectivity index (χ3v) is 6.98. The summed E-state index contributed by atoms with van der Waals surface area (Å²) < 4.78 is 15.6. The molecule has 2 aromatic heterocycles. The van der Waals surface area contributed by atoms with Crippen molar-refractivity contribution in [3.8, 4) is 6.07 Å². The van der Waals surface area contributed by atoms with Crippen LogP contribution in [0.1, 0.15) is 49.6 Å². The minimum absolute atomic E-state index is 0.0344. The van der Waals surface area contributed by atoms with E-state index in [0.717, 1.165) is 12.8 Å². The molecule has 192 valence electrons. The maximum Gasteiger partial charge on any atom is 0.123 e. The van der Waals surface area contributed by atoms with Crippen LogP contribution in [0.3, 0.4) is 0 Å². The summed E-state index contributed by atoms with van der Waals surface area (Å²) in [5.74, 6) is -0.386. The van der Waals surface area contributed by atoms with Crippen LogP contribution in [0.4, 0.5) is 15.8 Å². The Morgan fingerprint density at radius 1 is 1.26 bits per heavy atom. The van der Waals surface area contributed by atoms with Gasteiger partial charge < -0.3 is 15.7 Å². The number of benzene rings is 2. The van der Waals surface area contributed by atoms with Crippen molar-refractivity contribution >= 4 is 41.7 Å². The fourth-order valence-corrected chi connectivity index (χ4v) is 4.46. The lowest BCUT2D eigenvalue weighted by molar-refractivity contribution is 0.171. The van der Waals surface area contributed by atoms with Crippen LogP contribution in [-0.4, -0.2) is 46.1 Å². The molecule has 1 aliphatic carbocycles. The molecule has 2 aromatic carbocycles. The van der Waals surface area contributed by atoms with Gasteiger partial charge in [0.15, 0.2) is 0 Å². The predicted molar refractivity (Wildman–Crippen MR) is 146 cm³/mol. The van der Waals surface area contributed by atoms with E-state index in [4.69, 9.17) is 19.4 Å². The van der Waals surface area contributed by atoms with Crippen LogP contribution in [-0.2, 0) is 5.44 Å². The maximum absolute atomic E-state index is 13.8. The van der Waals surface area contributed by atoms with Crippen LogP contribution in [0, 0.1) is 22.6 Å². The van der Waals surface area contributed by atoms with Crippen molar-refractivity contribution in [1.82, 2.24) is 20.0 Å². The second-order valence-electron chi connectivity index (χ2n) is 10.4. The van der Waals surface area contributed by atoms with Crippen molar-refractivity contribution in [2.24, 2.45) is 5.41 Å². The van der Waals surface area contributed by atoms with Gasteiger partial charge in [0, 0.05) is 35.8 Å². The van der Waals surface area contributed by atoms with Gasteiger partial charge in [-0.15, -0.1) is 5.10 Å². The molecule has 2 radical (unpaired) electrons. The van der Waals surface area contributed by atoms with E-state index in [-0.39, 0.29) is 12.4 Å². The minimum Gasteiger partial charge on any atom is -0.396 e. The molecule has 1 fully saturated rings. The van der Waals surface area contributed by atoms with E-state index >= 15 is 0 Å². The molecule has 1 atom stereocenters. The molecule has 0 bridgehead atoms. The molecule has 5 rings (SSSR count). The number of nitrogens with zero attached hydrogens (tertiary/aromatic N) is 5. The molecule has 2 heterocycles. The lowest BCUT2D eigenvalue weighted by Crippen LogP contribution is -2.37. The number of nitrogens with one attached hydrogen (secondary N) is 2. The zero-order chi connectivity index (χ0) is 27.1. The minimum atomic E-state index is -1.37. The lowest BCUT2D eigenvalue weighted by Gasteiger charge is -2.32. The van der Waals surface area contributed by atoms with E-state index in [9.17, 15) is 14.8 Å². The largest absolute Gasteiger partial charge is 0.396 e. The van der Waals surface area contributed by atoms with E-state index in [1.807, 2.05) is 13.8 Å². The smallest absolute Gasteiger partial charge is 0.123 e. The van der Waals surface area contributed by atoms with Crippen molar-refractivity contribution in [3.63, 3.8) is 0 Å². The number of aliphatic hydroxyl groups excluding tert-OH is 1. The zero-order valence-corrected chi connectivity index (χ0v) is 21.8. The molecule has 0 saturated heterocycles. The normalized spacial score (nSPS) is 15.2. The molecule has 3 N–H and O–H groups in total. The fraction of sp³-hybridized carbons (Fsp3) is 0.333. The Morgan fingerprint density at radius 2 is 2.00 bits per heavy atom. The first kappa shape index (κ1) is 26.0. The standard InChI is InChI=1S/C27H26BClFN7O/c1-26(2,15-38)14-33-24-16(11-31)12-32-25-21(24)9-19(10-22(25)29)34-27(28,17-3-5-18(30)6-4-17)23-13-37(36-35-23)20-7-8-20/h3-6,9-10,12-13,20,34,38H,7-8,14-15H2,1-2H3,(H,32,33). The average molecular weight is 530 g/mol. The monoisotopic (exact) mass is 529 g/mol. The Morgan fingerprint density at radius 3 is 2.66 bits per heavy atom. The topological polar surface area (TPSA) is 112 Å². The van der Waals surface area contributed by atoms with Gasteiger partial charge in [-0.25, -0.2) is 9.07 Å². The number of fused-ring (bicyclic) bond motifs is 1. The van der Waals surface area contributed by atoms with Gasteiger partial charge in [-0.05, 0) is 42.7 Å². The number of hydrogen-bond donors (Lipinski definition) is 3. The third kappa shape index (κ3) is 5.04. The molecule has 0 spiro atoms. The van der Waals surface area contributed by atoms with E-state index in [1.54, 1.807) is 35.1 Å². The summed E-state index contributed by atoms with van der Waals surface area (Å²) in [4.78, 5) is 4.40. The van der Waals surface area contributed by atoms with Gasteiger partial charge in [-0.2, -0.15) is 5.26 Å². The average Bonchev–Trinajstić information content (AvgIpc) is 3.63. The quantitative estimate of drug-likeness (QED) is 0.269. The molecule has 11 heteroatoms. The third-order valence-electron chi connectivity index (χ3n) is 6.69. The highest BCUT2D eigenvalue weighted by Crippen LogP contribution is 2.38. The van der Waals surface area contributed by atoms with Crippen molar-refractivity contribution < 1.29 is 9.50 Å². The molecule has 1 saturated carbocycles. The molecular weight excluding hydrogens is 504 g/mol. The van der Waals surface area contributed by atoms with Crippen molar-refractivity contribution in [2.45, 2.75) is 38.2 Å². The summed E-state index contributed by atoms with van der Waals surface area (Å²) in [6.07, 6.45) is 5.33. The first-order chi connectivity index (χ1) is 18.1. The number of hydrogen-bond acceptors (Lipinski definition) is 7. The van der Waals surface area contributed by atoms with E-state index in [2.05, 4.69) is 32.0 Å². The zero-order valence-electron chi connectivity index (χ0n) is 21.0. The predicted octanol–water partition coefficient (Wildman–Crippen LogP) is 4.74. The summed E-state index contributed by atoms with van der Waals surface area (Å²) in [6.45, 7) is 4.20. The van der Waals surface area contributed by atoms with Crippen LogP contribution < -0.4 is 10.6 Å². The number of nitriles is 1. The molecule has 0 aliphatic heterocycles. The Bertz CT molecular complexity index is 1530. The Kier molecular flexibility index (Phi) is 6.76. The summed E-state index contributed by atoms with van der Waals surface area (Å²) in [5, 5.41) is 35.7. The highest BCUT2D eigenvalue weighted by molar-refractivity contribution is 6.36. The van der Waals surface area contributed by atoms with Crippen molar-refractivity contribution in [2.75, 3.05) is 23.8 Å². The molecular formula is C27H26BClFN7O. The number of halogens is 2. The van der Waals surface area contributed by atoms with Gasteiger partial charge in [0.2, 0.25) is 0 Å². The van der Waals surface area contributed by atoms with E-state index in [0.29, 0.717) is 56.7 Å². The van der Waals surface area contributed by atoms with Crippen LogP contribution in [0.5, 0.6) is 0 Å². The van der Waals surface area contributed by atoms with E-state index < -0.39 is 10.9 Å². The molecule has 1 aliphatic rings. The SMILES string of the molecule is [B]C(Nc1cc(Cl)c2ncc(C#N)c(NCC(C)(C)CO)c2c1)(c1ccc(F)cc1)c1cn(C2CC2)nn1. The summed E-state index contributed by atoms with van der Waals surface area (Å²) in [7, 11) is 6.97. The Labute approximate surface area is 226 Å². The highest BCUT2D eigenvalue weighted by Gasteiger charge is 2.34. The lowest BCUT2D eigenvalue weighted by atomic mass is 9.69. The van der Waals surface area contributed by atoms with Gasteiger partial charge in [-0.3, -0.25) is 4.98 Å². The van der Waals surface area contributed by atoms with Gasteiger partial charge >= 0.3 is 0 Å². The fourth-order valence-electron chi connectivity index (χ4n) is 4.19. The Hall–Kier alpha value is -3.68. The van der Waals surface area contributed by atoms with Crippen molar-refractivity contribution in [1.29, 1.82) is 5.26 Å². The number of anilines is 2. The molecule has 0 amide bonds. The van der Waals surface area contributed by atoms with Crippen LogP contribution in [0.2, 0.25) is 5.02 Å². The van der Waals surface area contributed by atoms with Gasteiger partial charge in [-0.1, -0.05) is 42.8 Å². The molecule has 38 heavy (non-hydrogen) atoms. The molecule has 1 unspecified atom stereocenters.